The van der Waals surface area contributed by atoms with Crippen molar-refractivity contribution in [1.82, 2.24) is 24.6 Å². The van der Waals surface area contributed by atoms with Crippen LogP contribution in [0.2, 0.25) is 0 Å². The maximum atomic E-state index is 11.7. The molecular formula is C19H28N6O2. The van der Waals surface area contributed by atoms with Crippen molar-refractivity contribution in [2.45, 2.75) is 25.5 Å². The van der Waals surface area contributed by atoms with E-state index < -0.39 is 0 Å². The van der Waals surface area contributed by atoms with Gasteiger partial charge in [0.1, 0.15) is 6.10 Å². The second kappa shape index (κ2) is 9.36. The number of guanidine groups is 1. The van der Waals surface area contributed by atoms with E-state index in [-0.39, 0.29) is 11.7 Å². The van der Waals surface area contributed by atoms with Gasteiger partial charge >= 0.3 is 0 Å². The van der Waals surface area contributed by atoms with Gasteiger partial charge in [0.25, 0.3) is 0 Å². The monoisotopic (exact) mass is 372 g/mol. The van der Waals surface area contributed by atoms with Crippen LogP contribution in [0, 0.1) is 0 Å². The molecule has 0 aliphatic carbocycles. The molecule has 1 N–H and O–H groups in total. The minimum absolute atomic E-state index is 0.0101. The molecule has 2 aromatic rings. The van der Waals surface area contributed by atoms with E-state index in [1.165, 1.54) is 0 Å². The van der Waals surface area contributed by atoms with Crippen LogP contribution in [-0.4, -0.2) is 58.5 Å². The van der Waals surface area contributed by atoms with Crippen LogP contribution in [0.1, 0.15) is 24.5 Å². The predicted octanol–water partition coefficient (Wildman–Crippen LogP) is 1.01. The minimum atomic E-state index is 0.0101. The molecule has 1 fully saturated rings. The highest BCUT2D eigenvalue weighted by Gasteiger charge is 2.24. The zero-order valence-corrected chi connectivity index (χ0v) is 16.0. The van der Waals surface area contributed by atoms with Crippen molar-refractivity contribution in [2.24, 2.45) is 12.0 Å². The Morgan fingerprint density at radius 2 is 2.30 bits per heavy atom. The molecule has 0 radical (unpaired) electrons. The number of ether oxygens (including phenoxy) is 1. The van der Waals surface area contributed by atoms with Gasteiger partial charge in [0.2, 0.25) is 5.56 Å². The zero-order chi connectivity index (χ0) is 19.1. The zero-order valence-electron chi connectivity index (χ0n) is 16.0. The fourth-order valence-electron chi connectivity index (χ4n) is 3.23. The fourth-order valence-corrected chi connectivity index (χ4v) is 3.23. The molecule has 146 valence electrons. The Kier molecular flexibility index (Phi) is 6.64. The van der Waals surface area contributed by atoms with E-state index in [1.807, 2.05) is 31.7 Å². The Hall–Kier alpha value is -2.61. The summed E-state index contributed by atoms with van der Waals surface area (Å²) in [6.07, 6.45) is 7.61. The Balaban J connectivity index is 1.44. The molecule has 0 spiro atoms. The largest absolute Gasteiger partial charge is 0.370 e. The summed E-state index contributed by atoms with van der Waals surface area (Å²) < 4.78 is 9.44. The molecular weight excluding hydrogens is 344 g/mol. The lowest BCUT2D eigenvalue weighted by Crippen LogP contribution is -2.48. The van der Waals surface area contributed by atoms with E-state index in [2.05, 4.69) is 20.3 Å². The van der Waals surface area contributed by atoms with E-state index in [4.69, 9.17) is 4.74 Å². The summed E-state index contributed by atoms with van der Waals surface area (Å²) >= 11 is 0. The number of aromatic nitrogens is 3. The summed E-state index contributed by atoms with van der Waals surface area (Å²) in [6.45, 7) is 3.79. The third-order valence-electron chi connectivity index (χ3n) is 4.68. The van der Waals surface area contributed by atoms with Crippen LogP contribution < -0.4 is 10.9 Å². The smallest absolute Gasteiger partial charge is 0.250 e. The number of morpholine rings is 1. The second-order valence-corrected chi connectivity index (χ2v) is 6.67. The normalized spacial score (nSPS) is 17.9. The maximum absolute atomic E-state index is 11.7. The summed E-state index contributed by atoms with van der Waals surface area (Å²) in [5, 5.41) is 7.66. The van der Waals surface area contributed by atoms with Crippen LogP contribution in [0.3, 0.4) is 0 Å². The number of aryl methyl sites for hydroxylation is 2. The van der Waals surface area contributed by atoms with Crippen molar-refractivity contribution in [3.63, 3.8) is 0 Å². The third kappa shape index (κ3) is 5.19. The number of hydrogen-bond donors (Lipinski definition) is 1. The van der Waals surface area contributed by atoms with Gasteiger partial charge in [0.15, 0.2) is 5.96 Å². The third-order valence-corrected chi connectivity index (χ3v) is 4.68. The lowest BCUT2D eigenvalue weighted by atomic mass is 10.1. The molecule has 0 aromatic carbocycles. The molecule has 8 nitrogen and oxygen atoms in total. The van der Waals surface area contributed by atoms with E-state index in [1.54, 1.807) is 28.4 Å². The van der Waals surface area contributed by atoms with E-state index >= 15 is 0 Å². The highest BCUT2D eigenvalue weighted by atomic mass is 16.5. The molecule has 1 saturated heterocycles. The summed E-state index contributed by atoms with van der Waals surface area (Å²) in [4.78, 5) is 18.3. The standard InChI is InChI=1S/C19H28N6O2/c1-20-19(21-8-4-6-10-24-9-5-3-7-18(24)26)25-11-12-27-17(15-25)16-13-22-23(2)14-16/h3,5,7,9,13-14,17H,4,6,8,10-12,15H2,1-2H3,(H,20,21). The second-order valence-electron chi connectivity index (χ2n) is 6.67. The molecule has 1 aliphatic heterocycles. The van der Waals surface area contributed by atoms with Crippen LogP contribution in [0.5, 0.6) is 0 Å². The first-order valence-corrected chi connectivity index (χ1v) is 9.38. The number of unbranched alkanes of at least 4 members (excludes halogenated alkanes) is 1. The quantitative estimate of drug-likeness (QED) is 0.465. The molecule has 1 aliphatic rings. The van der Waals surface area contributed by atoms with Crippen molar-refractivity contribution in [3.8, 4) is 0 Å². The lowest BCUT2D eigenvalue weighted by molar-refractivity contribution is -0.00802. The predicted molar refractivity (Wildman–Crippen MR) is 105 cm³/mol. The number of hydrogen-bond acceptors (Lipinski definition) is 4. The average molecular weight is 372 g/mol. The van der Waals surface area contributed by atoms with Crippen LogP contribution in [-0.2, 0) is 18.3 Å². The van der Waals surface area contributed by atoms with Gasteiger partial charge in [-0.15, -0.1) is 0 Å². The highest BCUT2D eigenvalue weighted by molar-refractivity contribution is 5.80. The van der Waals surface area contributed by atoms with Gasteiger partial charge in [-0.25, -0.2) is 0 Å². The molecule has 1 unspecified atom stereocenters. The molecule has 0 amide bonds. The molecule has 0 bridgehead atoms. The van der Waals surface area contributed by atoms with Gasteiger partial charge in [0, 0.05) is 57.8 Å². The van der Waals surface area contributed by atoms with Crippen molar-refractivity contribution in [1.29, 1.82) is 0 Å². The van der Waals surface area contributed by atoms with Crippen molar-refractivity contribution >= 4 is 5.96 Å². The highest BCUT2D eigenvalue weighted by Crippen LogP contribution is 2.21. The first kappa shape index (κ1) is 19.2. The molecule has 1 atom stereocenters. The summed E-state index contributed by atoms with van der Waals surface area (Å²) in [5.74, 6) is 0.893. The lowest BCUT2D eigenvalue weighted by Gasteiger charge is -2.34. The summed E-state index contributed by atoms with van der Waals surface area (Å²) in [6, 6.07) is 5.25. The number of pyridine rings is 1. The SMILES string of the molecule is CN=C(NCCCCn1ccccc1=O)N1CCOC(c2cnn(C)c2)C1. The Morgan fingerprint density at radius 3 is 3.04 bits per heavy atom. The van der Waals surface area contributed by atoms with Crippen LogP contribution in [0.15, 0.2) is 46.6 Å². The molecule has 3 heterocycles. The molecule has 2 aromatic heterocycles. The topological polar surface area (TPSA) is 76.7 Å². The van der Waals surface area contributed by atoms with Crippen molar-refractivity contribution in [2.75, 3.05) is 33.3 Å². The minimum Gasteiger partial charge on any atom is -0.370 e. The van der Waals surface area contributed by atoms with Crippen LogP contribution in [0.25, 0.3) is 0 Å². The van der Waals surface area contributed by atoms with E-state index in [9.17, 15) is 4.79 Å². The number of aliphatic imine (C=N–C) groups is 1. The van der Waals surface area contributed by atoms with E-state index in [0.717, 1.165) is 50.5 Å². The maximum Gasteiger partial charge on any atom is 0.250 e. The average Bonchev–Trinajstić information content (AvgIpc) is 3.12. The number of nitrogens with zero attached hydrogens (tertiary/aromatic N) is 5. The first-order chi connectivity index (χ1) is 13.2. The summed E-state index contributed by atoms with van der Waals surface area (Å²) in [5.41, 5.74) is 1.14. The first-order valence-electron chi connectivity index (χ1n) is 9.38. The fraction of sp³-hybridized carbons (Fsp3) is 0.526. The van der Waals surface area contributed by atoms with Crippen molar-refractivity contribution in [3.05, 3.63) is 52.7 Å². The Morgan fingerprint density at radius 1 is 1.41 bits per heavy atom. The van der Waals surface area contributed by atoms with Gasteiger partial charge in [-0.2, -0.15) is 5.10 Å². The number of rotatable bonds is 6. The van der Waals surface area contributed by atoms with Crippen LogP contribution >= 0.6 is 0 Å². The van der Waals surface area contributed by atoms with Gasteiger partial charge in [-0.05, 0) is 18.9 Å². The molecule has 3 rings (SSSR count). The van der Waals surface area contributed by atoms with E-state index in [0.29, 0.717) is 6.61 Å². The summed E-state index contributed by atoms with van der Waals surface area (Å²) in [7, 11) is 3.72. The molecule has 27 heavy (non-hydrogen) atoms. The van der Waals surface area contributed by atoms with Gasteiger partial charge in [-0.1, -0.05) is 6.07 Å². The van der Waals surface area contributed by atoms with Crippen molar-refractivity contribution < 1.29 is 4.74 Å². The molecule has 8 heteroatoms. The Labute approximate surface area is 159 Å². The van der Waals surface area contributed by atoms with Gasteiger partial charge in [0.05, 0.1) is 19.3 Å². The van der Waals surface area contributed by atoms with Gasteiger partial charge in [-0.3, -0.25) is 14.5 Å². The van der Waals surface area contributed by atoms with Gasteiger partial charge < -0.3 is 19.5 Å². The van der Waals surface area contributed by atoms with Crippen LogP contribution in [0.4, 0.5) is 0 Å². The molecule has 0 saturated carbocycles. The number of nitrogens with one attached hydrogen (secondary N) is 1. The Bertz CT molecular complexity index is 812.